The van der Waals surface area contributed by atoms with E-state index in [0.717, 1.165) is 17.0 Å². The molecular formula is C14H13N5O3S2. The second kappa shape index (κ2) is 5.65. The number of H-pyrrole nitrogens is 2. The molecule has 1 fully saturated rings. The van der Waals surface area contributed by atoms with Gasteiger partial charge in [-0.2, -0.15) is 4.31 Å². The molecule has 0 radical (unpaired) electrons. The van der Waals surface area contributed by atoms with E-state index in [9.17, 15) is 13.2 Å². The fourth-order valence-corrected chi connectivity index (χ4v) is 4.63. The Kier molecular flexibility index (Phi) is 3.59. The van der Waals surface area contributed by atoms with Crippen LogP contribution in [0.2, 0.25) is 0 Å². The minimum absolute atomic E-state index is 0.0130. The summed E-state index contributed by atoms with van der Waals surface area (Å²) in [6.07, 6.45) is 0. The summed E-state index contributed by atoms with van der Waals surface area (Å²) in [7, 11) is -3.52. The fourth-order valence-electron chi connectivity index (χ4n) is 2.64. The normalized spacial score (nSPS) is 16.2. The number of nitrogens with one attached hydrogen (secondary N) is 2. The van der Waals surface area contributed by atoms with E-state index in [1.54, 1.807) is 29.6 Å². The lowest BCUT2D eigenvalue weighted by atomic mass is 10.00. The number of rotatable bonds is 4. The maximum atomic E-state index is 12.6. The number of aromatic nitrogens is 4. The van der Waals surface area contributed by atoms with Gasteiger partial charge in [-0.15, -0.1) is 5.10 Å². The first-order valence-electron chi connectivity index (χ1n) is 7.19. The molecule has 0 bridgehead atoms. The van der Waals surface area contributed by atoms with E-state index in [1.165, 1.54) is 21.9 Å². The molecule has 0 amide bonds. The third kappa shape index (κ3) is 2.58. The van der Waals surface area contributed by atoms with Crippen LogP contribution in [0, 0.1) is 0 Å². The summed E-state index contributed by atoms with van der Waals surface area (Å²) < 4.78 is 30.4. The van der Waals surface area contributed by atoms with Gasteiger partial charge in [0.15, 0.2) is 0 Å². The first-order chi connectivity index (χ1) is 11.5. The fraction of sp³-hybridized carbons (Fsp3) is 0.214. The van der Waals surface area contributed by atoms with Crippen molar-refractivity contribution in [3.05, 3.63) is 51.8 Å². The molecule has 0 atom stereocenters. The molecule has 124 valence electrons. The predicted molar refractivity (Wildman–Crippen MR) is 88.3 cm³/mol. The van der Waals surface area contributed by atoms with Gasteiger partial charge in [0.05, 0.1) is 4.90 Å². The zero-order valence-electron chi connectivity index (χ0n) is 12.3. The van der Waals surface area contributed by atoms with Crippen molar-refractivity contribution in [3.8, 4) is 11.3 Å². The van der Waals surface area contributed by atoms with Crippen molar-refractivity contribution < 1.29 is 8.42 Å². The Bertz CT molecular complexity index is 999. The van der Waals surface area contributed by atoms with Gasteiger partial charge in [0.2, 0.25) is 10.0 Å². The van der Waals surface area contributed by atoms with Gasteiger partial charge in [0, 0.05) is 41.7 Å². The van der Waals surface area contributed by atoms with Crippen molar-refractivity contribution >= 4 is 21.6 Å². The molecule has 3 heterocycles. The minimum Gasteiger partial charge on any atom is -0.302 e. The highest BCUT2D eigenvalue weighted by Gasteiger charge is 2.38. The summed E-state index contributed by atoms with van der Waals surface area (Å²) in [6.45, 7) is 0.710. The SMILES string of the molecule is O=c1cc(C2CN(S(=O)(=O)c3ccc(-c4csnn4)cc3)C2)[nH][nH]1. The zero-order valence-corrected chi connectivity index (χ0v) is 14.0. The van der Waals surface area contributed by atoms with Gasteiger partial charge in [0.1, 0.15) is 5.69 Å². The van der Waals surface area contributed by atoms with Crippen molar-refractivity contribution in [2.24, 2.45) is 0 Å². The van der Waals surface area contributed by atoms with Crippen molar-refractivity contribution in [1.29, 1.82) is 0 Å². The quantitative estimate of drug-likeness (QED) is 0.718. The van der Waals surface area contributed by atoms with Gasteiger partial charge in [-0.1, -0.05) is 16.6 Å². The van der Waals surface area contributed by atoms with E-state index in [4.69, 9.17) is 0 Å². The molecule has 1 aliphatic heterocycles. The Morgan fingerprint density at radius 3 is 2.50 bits per heavy atom. The Morgan fingerprint density at radius 1 is 1.17 bits per heavy atom. The molecule has 8 nitrogen and oxygen atoms in total. The molecule has 0 aliphatic carbocycles. The van der Waals surface area contributed by atoms with Crippen LogP contribution in [0.5, 0.6) is 0 Å². The van der Waals surface area contributed by atoms with Gasteiger partial charge in [0.25, 0.3) is 5.56 Å². The Labute approximate surface area is 141 Å². The molecule has 24 heavy (non-hydrogen) atoms. The second-order valence-corrected chi connectivity index (χ2v) is 8.10. The maximum Gasteiger partial charge on any atom is 0.264 e. The van der Waals surface area contributed by atoms with Gasteiger partial charge in [-0.25, -0.2) is 8.42 Å². The highest BCUT2D eigenvalue weighted by molar-refractivity contribution is 7.89. The summed E-state index contributed by atoms with van der Waals surface area (Å²) in [4.78, 5) is 11.4. The van der Waals surface area contributed by atoms with Crippen molar-refractivity contribution in [2.45, 2.75) is 10.8 Å². The minimum atomic E-state index is -3.52. The Balaban J connectivity index is 1.50. The average Bonchev–Trinajstić information content (AvgIpc) is 3.18. The van der Waals surface area contributed by atoms with Crippen LogP contribution >= 0.6 is 11.5 Å². The van der Waals surface area contributed by atoms with Crippen LogP contribution in [0.1, 0.15) is 11.6 Å². The second-order valence-electron chi connectivity index (χ2n) is 5.55. The standard InChI is InChI=1S/C14H13N5O3S2/c20-14-5-12(15-17-14)10-6-19(7-10)24(21,22)11-3-1-9(2-4-11)13-8-23-18-16-13/h1-5,8,10H,6-7H2,(H2,15,17,20). The van der Waals surface area contributed by atoms with Crippen LogP contribution in [-0.4, -0.2) is 45.6 Å². The summed E-state index contributed by atoms with van der Waals surface area (Å²) in [5.41, 5.74) is 2.08. The molecule has 0 unspecified atom stereocenters. The predicted octanol–water partition coefficient (Wildman–Crippen LogP) is 1.01. The lowest BCUT2D eigenvalue weighted by Gasteiger charge is -2.37. The third-order valence-electron chi connectivity index (χ3n) is 4.05. The van der Waals surface area contributed by atoms with Crippen LogP contribution in [0.3, 0.4) is 0 Å². The Hall–Kier alpha value is -2.30. The van der Waals surface area contributed by atoms with Gasteiger partial charge < -0.3 is 5.10 Å². The first kappa shape index (κ1) is 15.2. The van der Waals surface area contributed by atoms with Crippen molar-refractivity contribution in [2.75, 3.05) is 13.1 Å². The van der Waals surface area contributed by atoms with Crippen LogP contribution in [0.4, 0.5) is 0 Å². The smallest absolute Gasteiger partial charge is 0.264 e. The van der Waals surface area contributed by atoms with E-state index in [1.807, 2.05) is 0 Å². The third-order valence-corrected chi connectivity index (χ3v) is 6.40. The highest BCUT2D eigenvalue weighted by atomic mass is 32.2. The molecule has 0 saturated carbocycles. The van der Waals surface area contributed by atoms with Crippen molar-refractivity contribution in [3.63, 3.8) is 0 Å². The molecule has 1 aromatic carbocycles. The van der Waals surface area contributed by atoms with E-state index >= 15 is 0 Å². The monoisotopic (exact) mass is 363 g/mol. The lowest BCUT2D eigenvalue weighted by Crippen LogP contribution is -2.48. The average molecular weight is 363 g/mol. The van der Waals surface area contributed by atoms with Gasteiger partial charge in [-0.3, -0.25) is 9.89 Å². The molecule has 4 rings (SSSR count). The first-order valence-corrected chi connectivity index (χ1v) is 9.47. The summed E-state index contributed by atoms with van der Waals surface area (Å²) in [5.74, 6) is 0.0130. The molecule has 1 saturated heterocycles. The molecule has 2 N–H and O–H groups in total. The highest BCUT2D eigenvalue weighted by Crippen LogP contribution is 2.31. The molecular weight excluding hydrogens is 350 g/mol. The molecule has 3 aromatic rings. The van der Waals surface area contributed by atoms with E-state index < -0.39 is 10.0 Å². The van der Waals surface area contributed by atoms with Crippen LogP contribution in [0.25, 0.3) is 11.3 Å². The van der Waals surface area contributed by atoms with E-state index in [-0.39, 0.29) is 16.4 Å². The number of nitrogens with zero attached hydrogens (tertiary/aromatic N) is 3. The van der Waals surface area contributed by atoms with Crippen LogP contribution < -0.4 is 5.56 Å². The maximum absolute atomic E-state index is 12.6. The van der Waals surface area contributed by atoms with Crippen molar-refractivity contribution in [1.82, 2.24) is 24.1 Å². The largest absolute Gasteiger partial charge is 0.302 e. The van der Waals surface area contributed by atoms with E-state index in [2.05, 4.69) is 19.8 Å². The lowest BCUT2D eigenvalue weighted by molar-refractivity contribution is 0.260. The van der Waals surface area contributed by atoms with E-state index in [0.29, 0.717) is 13.1 Å². The summed E-state index contributed by atoms with van der Waals surface area (Å²) >= 11 is 1.25. The zero-order chi connectivity index (χ0) is 16.7. The van der Waals surface area contributed by atoms with Gasteiger partial charge >= 0.3 is 0 Å². The number of sulfonamides is 1. The summed E-state index contributed by atoms with van der Waals surface area (Å²) in [6, 6.07) is 8.07. The molecule has 1 aliphatic rings. The Morgan fingerprint density at radius 2 is 1.92 bits per heavy atom. The number of aromatic amines is 2. The number of hydrogen-bond acceptors (Lipinski definition) is 6. The molecule has 0 spiro atoms. The number of benzene rings is 1. The van der Waals surface area contributed by atoms with Crippen LogP contribution in [0.15, 0.2) is 45.4 Å². The summed E-state index contributed by atoms with van der Waals surface area (Å²) in [5, 5.41) is 11.0. The van der Waals surface area contributed by atoms with Gasteiger partial charge in [-0.05, 0) is 23.7 Å². The van der Waals surface area contributed by atoms with Crippen LogP contribution in [-0.2, 0) is 10.0 Å². The molecule has 2 aromatic heterocycles. The number of hydrogen-bond donors (Lipinski definition) is 2. The molecule has 10 heteroatoms. The topological polar surface area (TPSA) is 112 Å².